The molecular weight excluding hydrogens is 228 g/mol. The molecule has 1 fully saturated rings. The molecule has 1 saturated heterocycles. The summed E-state index contributed by atoms with van der Waals surface area (Å²) in [6.07, 6.45) is 4.70. The molecule has 0 aromatic rings. The average Bonchev–Trinajstić information content (AvgIpc) is 2.26. The summed E-state index contributed by atoms with van der Waals surface area (Å²) in [7, 11) is 0. The van der Waals surface area contributed by atoms with E-state index in [-0.39, 0.29) is 11.8 Å². The third kappa shape index (κ3) is 3.99. The highest BCUT2D eigenvalue weighted by molar-refractivity contribution is 7.98. The number of thiocarbonyl (C=S) groups is 1. The van der Waals surface area contributed by atoms with Crippen LogP contribution in [0.15, 0.2) is 0 Å². The second kappa shape index (κ2) is 6.33. The van der Waals surface area contributed by atoms with Gasteiger partial charge in [0.05, 0.1) is 4.99 Å². The van der Waals surface area contributed by atoms with E-state index in [9.17, 15) is 4.79 Å². The lowest BCUT2D eigenvalue weighted by Crippen LogP contribution is -2.43. The lowest BCUT2D eigenvalue weighted by Gasteiger charge is -2.32. The predicted octanol–water partition coefficient (Wildman–Crippen LogP) is 1.26. The Hall–Kier alpha value is -0.290. The van der Waals surface area contributed by atoms with E-state index in [1.165, 1.54) is 0 Å². The zero-order chi connectivity index (χ0) is 11.3. The van der Waals surface area contributed by atoms with Crippen molar-refractivity contribution in [1.82, 2.24) is 4.90 Å². The molecule has 86 valence electrons. The molecule has 3 nitrogen and oxygen atoms in total. The van der Waals surface area contributed by atoms with Gasteiger partial charge in [-0.25, -0.2) is 0 Å². The fraction of sp³-hybridized carbons (Fsp3) is 0.800. The summed E-state index contributed by atoms with van der Waals surface area (Å²) >= 11 is 6.68. The van der Waals surface area contributed by atoms with Crippen LogP contribution >= 0.6 is 24.0 Å². The van der Waals surface area contributed by atoms with Gasteiger partial charge in [-0.15, -0.1) is 0 Å². The van der Waals surface area contributed by atoms with E-state index >= 15 is 0 Å². The Morgan fingerprint density at radius 3 is 3.00 bits per heavy atom. The highest BCUT2D eigenvalue weighted by Crippen LogP contribution is 2.17. The molecule has 0 aliphatic carbocycles. The summed E-state index contributed by atoms with van der Waals surface area (Å²) in [6, 6.07) is 0. The molecule has 1 heterocycles. The maximum absolute atomic E-state index is 11.8. The van der Waals surface area contributed by atoms with Gasteiger partial charge in [-0.05, 0) is 19.1 Å². The Bertz CT molecular complexity index is 246. The minimum absolute atomic E-state index is 0.229. The molecule has 1 rings (SSSR count). The number of amides is 1. The van der Waals surface area contributed by atoms with Gasteiger partial charge in [0, 0.05) is 31.2 Å². The molecule has 1 unspecified atom stereocenters. The molecule has 1 aliphatic rings. The average molecular weight is 246 g/mol. The van der Waals surface area contributed by atoms with Crippen LogP contribution in [-0.2, 0) is 4.79 Å². The Morgan fingerprint density at radius 2 is 2.40 bits per heavy atom. The van der Waals surface area contributed by atoms with Crippen molar-refractivity contribution in [3.63, 3.8) is 0 Å². The lowest BCUT2D eigenvalue weighted by atomic mass is 9.98. The second-order valence-electron chi connectivity index (χ2n) is 3.82. The van der Waals surface area contributed by atoms with E-state index in [1.807, 2.05) is 11.2 Å². The van der Waals surface area contributed by atoms with Crippen LogP contribution in [-0.4, -0.2) is 40.9 Å². The topological polar surface area (TPSA) is 46.3 Å². The first-order valence-electron chi connectivity index (χ1n) is 5.21. The molecular formula is C10H18N2OS2. The number of thioether (sulfide) groups is 1. The number of likely N-dealkylation sites (tertiary alicyclic amines) is 1. The Labute approximate surface area is 101 Å². The van der Waals surface area contributed by atoms with E-state index in [1.54, 1.807) is 11.8 Å². The summed E-state index contributed by atoms with van der Waals surface area (Å²) < 4.78 is 0. The third-order valence-electron chi connectivity index (χ3n) is 2.70. The normalized spacial score (nSPS) is 21.4. The quantitative estimate of drug-likeness (QED) is 0.759. The van der Waals surface area contributed by atoms with Crippen molar-refractivity contribution in [2.24, 2.45) is 11.7 Å². The molecule has 0 saturated carbocycles. The minimum atomic E-state index is 0.229. The molecule has 5 heteroatoms. The number of hydrogen-bond acceptors (Lipinski definition) is 3. The highest BCUT2D eigenvalue weighted by atomic mass is 32.2. The SMILES string of the molecule is CSCCC(=O)N1CCCC(C(N)=S)C1. The van der Waals surface area contributed by atoms with Gasteiger partial charge >= 0.3 is 0 Å². The van der Waals surface area contributed by atoms with Crippen LogP contribution in [0.5, 0.6) is 0 Å². The zero-order valence-electron chi connectivity index (χ0n) is 9.07. The molecule has 1 atom stereocenters. The summed E-state index contributed by atoms with van der Waals surface area (Å²) in [4.78, 5) is 14.2. The smallest absolute Gasteiger partial charge is 0.223 e. The number of hydrogen-bond donors (Lipinski definition) is 1. The molecule has 1 aliphatic heterocycles. The Balaban J connectivity index is 2.41. The van der Waals surface area contributed by atoms with Crippen LogP contribution in [0.3, 0.4) is 0 Å². The highest BCUT2D eigenvalue weighted by Gasteiger charge is 2.24. The Kier molecular flexibility index (Phi) is 5.39. The first kappa shape index (κ1) is 12.8. The second-order valence-corrected chi connectivity index (χ2v) is 5.28. The fourth-order valence-electron chi connectivity index (χ4n) is 1.78. The van der Waals surface area contributed by atoms with E-state index < -0.39 is 0 Å². The molecule has 0 spiro atoms. The summed E-state index contributed by atoms with van der Waals surface area (Å²) in [5.41, 5.74) is 5.62. The van der Waals surface area contributed by atoms with Crippen molar-refractivity contribution in [2.75, 3.05) is 25.1 Å². The van der Waals surface area contributed by atoms with Crippen LogP contribution < -0.4 is 5.73 Å². The maximum atomic E-state index is 11.8. The maximum Gasteiger partial charge on any atom is 0.223 e. The van der Waals surface area contributed by atoms with E-state index in [0.717, 1.165) is 31.7 Å². The summed E-state index contributed by atoms with van der Waals surface area (Å²) in [5, 5.41) is 0. The Morgan fingerprint density at radius 1 is 1.67 bits per heavy atom. The fourth-order valence-corrected chi connectivity index (χ4v) is 2.35. The van der Waals surface area contributed by atoms with E-state index in [0.29, 0.717) is 11.4 Å². The van der Waals surface area contributed by atoms with Gasteiger partial charge in [-0.2, -0.15) is 11.8 Å². The molecule has 0 bridgehead atoms. The van der Waals surface area contributed by atoms with Crippen molar-refractivity contribution in [1.29, 1.82) is 0 Å². The number of nitrogens with zero attached hydrogens (tertiary/aromatic N) is 1. The van der Waals surface area contributed by atoms with Crippen molar-refractivity contribution in [3.05, 3.63) is 0 Å². The van der Waals surface area contributed by atoms with Crippen LogP contribution in [0.1, 0.15) is 19.3 Å². The van der Waals surface area contributed by atoms with Crippen molar-refractivity contribution < 1.29 is 4.79 Å². The zero-order valence-corrected chi connectivity index (χ0v) is 10.7. The third-order valence-corrected chi connectivity index (χ3v) is 3.64. The predicted molar refractivity (Wildman–Crippen MR) is 69.1 cm³/mol. The molecule has 2 N–H and O–H groups in total. The molecule has 0 aromatic heterocycles. The number of rotatable bonds is 4. The van der Waals surface area contributed by atoms with Gasteiger partial charge in [0.1, 0.15) is 0 Å². The first-order chi connectivity index (χ1) is 7.15. The van der Waals surface area contributed by atoms with Crippen molar-refractivity contribution >= 4 is 34.9 Å². The molecule has 1 amide bonds. The standard InChI is InChI=1S/C10H18N2OS2/c1-15-6-4-9(13)12-5-2-3-8(7-12)10(11)14/h8H,2-7H2,1H3,(H2,11,14). The van der Waals surface area contributed by atoms with Crippen LogP contribution in [0, 0.1) is 5.92 Å². The van der Waals surface area contributed by atoms with E-state index in [2.05, 4.69) is 0 Å². The number of carbonyl (C=O) groups is 1. The number of carbonyl (C=O) groups excluding carboxylic acids is 1. The summed E-state index contributed by atoms with van der Waals surface area (Å²) in [5.74, 6) is 1.37. The minimum Gasteiger partial charge on any atom is -0.393 e. The van der Waals surface area contributed by atoms with Gasteiger partial charge in [-0.3, -0.25) is 4.79 Å². The van der Waals surface area contributed by atoms with Crippen LogP contribution in [0.25, 0.3) is 0 Å². The van der Waals surface area contributed by atoms with Gasteiger partial charge in [0.15, 0.2) is 0 Å². The van der Waals surface area contributed by atoms with Crippen LogP contribution in [0.2, 0.25) is 0 Å². The van der Waals surface area contributed by atoms with Crippen molar-refractivity contribution in [2.45, 2.75) is 19.3 Å². The first-order valence-corrected chi connectivity index (χ1v) is 7.01. The summed E-state index contributed by atoms with van der Waals surface area (Å²) in [6.45, 7) is 1.59. The molecule has 0 aromatic carbocycles. The van der Waals surface area contributed by atoms with Gasteiger partial charge in [-0.1, -0.05) is 12.2 Å². The monoisotopic (exact) mass is 246 g/mol. The molecule has 15 heavy (non-hydrogen) atoms. The van der Waals surface area contributed by atoms with E-state index in [4.69, 9.17) is 18.0 Å². The van der Waals surface area contributed by atoms with Gasteiger partial charge in [0.25, 0.3) is 0 Å². The number of nitrogens with two attached hydrogens (primary N) is 1. The number of piperidine rings is 1. The van der Waals surface area contributed by atoms with Gasteiger partial charge < -0.3 is 10.6 Å². The van der Waals surface area contributed by atoms with Crippen molar-refractivity contribution in [3.8, 4) is 0 Å². The largest absolute Gasteiger partial charge is 0.393 e. The van der Waals surface area contributed by atoms with Gasteiger partial charge in [0.2, 0.25) is 5.91 Å². The lowest BCUT2D eigenvalue weighted by molar-refractivity contribution is -0.132. The molecule has 0 radical (unpaired) electrons. The van der Waals surface area contributed by atoms with Crippen LogP contribution in [0.4, 0.5) is 0 Å².